The predicted molar refractivity (Wildman–Crippen MR) is 84.2 cm³/mol. The van der Waals surface area contributed by atoms with Crippen LogP contribution in [0.15, 0.2) is 40.6 Å². The molecule has 0 saturated carbocycles. The second-order valence-electron chi connectivity index (χ2n) is 5.07. The molecule has 0 unspecified atom stereocenters. The van der Waals surface area contributed by atoms with Gasteiger partial charge in [0.25, 0.3) is 10.0 Å². The molecule has 3 rings (SSSR count). The summed E-state index contributed by atoms with van der Waals surface area (Å²) in [6, 6.07) is 9.25. The normalized spacial score (nSPS) is 15.6. The molecule has 0 saturated heterocycles. The number of rotatable bonds is 3. The maximum atomic E-state index is 12.9. The van der Waals surface area contributed by atoms with Gasteiger partial charge in [-0.1, -0.05) is 18.2 Å². The molecule has 4 nitrogen and oxygen atoms in total. The van der Waals surface area contributed by atoms with E-state index in [0.717, 1.165) is 30.5 Å². The summed E-state index contributed by atoms with van der Waals surface area (Å²) in [7, 11) is -3.56. The molecule has 6 heteroatoms. The number of aliphatic hydroxyl groups is 1. The van der Waals surface area contributed by atoms with Crippen molar-refractivity contribution >= 4 is 27.0 Å². The maximum absolute atomic E-state index is 12.9. The lowest BCUT2D eigenvalue weighted by atomic mass is 10.1. The molecule has 0 spiro atoms. The van der Waals surface area contributed by atoms with E-state index in [0.29, 0.717) is 11.4 Å². The summed E-state index contributed by atoms with van der Waals surface area (Å²) in [4.78, 5) is 0.935. The third-order valence-corrected chi connectivity index (χ3v) is 6.55. The Kier molecular flexibility index (Phi) is 4.01. The highest BCUT2D eigenvalue weighted by Gasteiger charge is 2.28. The van der Waals surface area contributed by atoms with E-state index in [1.807, 2.05) is 24.3 Å². The number of aliphatic hydroxyl groups excluding tert-OH is 1. The molecule has 1 aliphatic rings. The summed E-state index contributed by atoms with van der Waals surface area (Å²) in [5.74, 6) is 0. The first-order chi connectivity index (χ1) is 10.1. The van der Waals surface area contributed by atoms with Crippen LogP contribution in [0.2, 0.25) is 0 Å². The largest absolute Gasteiger partial charge is 0.391 e. The molecule has 1 aromatic carbocycles. The van der Waals surface area contributed by atoms with Crippen molar-refractivity contribution in [1.82, 2.24) is 0 Å². The van der Waals surface area contributed by atoms with Gasteiger partial charge in [-0.2, -0.15) is 0 Å². The number of fused-ring (bicyclic) bond motifs is 1. The van der Waals surface area contributed by atoms with E-state index >= 15 is 0 Å². The molecule has 0 radical (unpaired) electrons. The minimum atomic E-state index is -3.56. The minimum absolute atomic E-state index is 0.128. The smallest absolute Gasteiger partial charge is 0.265 e. The van der Waals surface area contributed by atoms with Gasteiger partial charge >= 0.3 is 0 Å². The van der Waals surface area contributed by atoms with Gasteiger partial charge in [0.05, 0.1) is 17.2 Å². The van der Waals surface area contributed by atoms with Crippen LogP contribution in [0.3, 0.4) is 0 Å². The fourth-order valence-electron chi connectivity index (χ4n) is 2.61. The molecule has 112 valence electrons. The molecular formula is C15H17NO3S2. The van der Waals surface area contributed by atoms with E-state index < -0.39 is 10.0 Å². The molecule has 0 bridgehead atoms. The van der Waals surface area contributed by atoms with Gasteiger partial charge in [0.15, 0.2) is 0 Å². The first kappa shape index (κ1) is 14.6. The van der Waals surface area contributed by atoms with Crippen molar-refractivity contribution in [2.45, 2.75) is 30.8 Å². The second-order valence-corrected chi connectivity index (χ2v) is 7.93. The van der Waals surface area contributed by atoms with Gasteiger partial charge < -0.3 is 5.11 Å². The minimum Gasteiger partial charge on any atom is -0.391 e. The topological polar surface area (TPSA) is 57.6 Å². The first-order valence-corrected chi connectivity index (χ1v) is 9.24. The van der Waals surface area contributed by atoms with Crippen molar-refractivity contribution in [3.8, 4) is 0 Å². The first-order valence-electron chi connectivity index (χ1n) is 6.92. The van der Waals surface area contributed by atoms with Crippen LogP contribution < -0.4 is 4.31 Å². The van der Waals surface area contributed by atoms with Crippen molar-refractivity contribution in [2.75, 3.05) is 10.8 Å². The standard InChI is InChI=1S/C15H17NO3S2/c17-10-13-9-14(11-20-13)21(18,19)16-8-4-3-6-12-5-1-2-7-15(12)16/h1-2,5,7,9,11,17H,3-4,6,8,10H2. The number of benzene rings is 1. The van der Waals surface area contributed by atoms with Crippen molar-refractivity contribution in [2.24, 2.45) is 0 Å². The number of hydrogen-bond acceptors (Lipinski definition) is 4. The molecule has 1 aromatic heterocycles. The maximum Gasteiger partial charge on any atom is 0.265 e. The molecule has 0 aliphatic carbocycles. The number of sulfonamides is 1. The van der Waals surface area contributed by atoms with Gasteiger partial charge in [0.2, 0.25) is 0 Å². The fraction of sp³-hybridized carbons (Fsp3) is 0.333. The molecule has 0 fully saturated rings. The molecule has 21 heavy (non-hydrogen) atoms. The Morgan fingerprint density at radius 2 is 2.05 bits per heavy atom. The average molecular weight is 323 g/mol. The zero-order valence-electron chi connectivity index (χ0n) is 11.5. The van der Waals surface area contributed by atoms with Gasteiger partial charge in [-0.15, -0.1) is 11.3 Å². The van der Waals surface area contributed by atoms with Crippen LogP contribution in [-0.2, 0) is 23.1 Å². The van der Waals surface area contributed by atoms with Gasteiger partial charge in [-0.25, -0.2) is 8.42 Å². The number of anilines is 1. The van der Waals surface area contributed by atoms with Crippen LogP contribution >= 0.6 is 11.3 Å². The van der Waals surface area contributed by atoms with E-state index in [-0.39, 0.29) is 11.5 Å². The Morgan fingerprint density at radius 3 is 2.81 bits per heavy atom. The number of thiophene rings is 1. The van der Waals surface area contributed by atoms with Crippen molar-refractivity contribution in [1.29, 1.82) is 0 Å². The van der Waals surface area contributed by atoms with Crippen LogP contribution in [0.25, 0.3) is 0 Å². The summed E-state index contributed by atoms with van der Waals surface area (Å²) in [5.41, 5.74) is 1.86. The highest BCUT2D eigenvalue weighted by molar-refractivity contribution is 7.93. The molecule has 2 heterocycles. The summed E-state index contributed by atoms with van der Waals surface area (Å²) in [6.07, 6.45) is 2.76. The summed E-state index contributed by atoms with van der Waals surface area (Å²) >= 11 is 1.27. The lowest BCUT2D eigenvalue weighted by Gasteiger charge is -2.23. The monoisotopic (exact) mass is 323 g/mol. The Hall–Kier alpha value is -1.37. The van der Waals surface area contributed by atoms with Crippen molar-refractivity contribution < 1.29 is 13.5 Å². The number of para-hydroxylation sites is 1. The molecule has 2 aromatic rings. The van der Waals surface area contributed by atoms with E-state index in [1.54, 1.807) is 11.4 Å². The Bertz CT molecular complexity index is 737. The molecule has 0 atom stereocenters. The highest BCUT2D eigenvalue weighted by atomic mass is 32.2. The molecule has 0 amide bonds. The zero-order valence-corrected chi connectivity index (χ0v) is 13.2. The zero-order chi connectivity index (χ0) is 14.9. The van der Waals surface area contributed by atoms with Crippen LogP contribution in [0.1, 0.15) is 23.3 Å². The lowest BCUT2D eigenvalue weighted by Crippen LogP contribution is -2.31. The SMILES string of the molecule is O=S(=O)(c1csc(CO)c1)N1CCCCc2ccccc21. The Labute approximate surface area is 128 Å². The van der Waals surface area contributed by atoms with Crippen molar-refractivity contribution in [3.05, 3.63) is 46.2 Å². The van der Waals surface area contributed by atoms with Gasteiger partial charge in [0, 0.05) is 16.8 Å². The Balaban J connectivity index is 2.06. The van der Waals surface area contributed by atoms with E-state index in [2.05, 4.69) is 0 Å². The van der Waals surface area contributed by atoms with Crippen LogP contribution in [0.5, 0.6) is 0 Å². The van der Waals surface area contributed by atoms with Crippen LogP contribution in [-0.4, -0.2) is 20.1 Å². The fourth-order valence-corrected chi connectivity index (χ4v) is 5.28. The quantitative estimate of drug-likeness (QED) is 0.945. The molecule has 1 N–H and O–H groups in total. The van der Waals surface area contributed by atoms with Gasteiger partial charge in [-0.3, -0.25) is 4.31 Å². The second kappa shape index (κ2) is 5.79. The molecular weight excluding hydrogens is 306 g/mol. The summed E-state index contributed by atoms with van der Waals surface area (Å²) in [5, 5.41) is 10.7. The Morgan fingerprint density at radius 1 is 1.24 bits per heavy atom. The summed E-state index contributed by atoms with van der Waals surface area (Å²) < 4.78 is 27.3. The number of nitrogens with zero attached hydrogens (tertiary/aromatic N) is 1. The number of hydrogen-bond donors (Lipinski definition) is 1. The molecule has 1 aliphatic heterocycles. The number of aryl methyl sites for hydroxylation is 1. The van der Waals surface area contributed by atoms with Crippen LogP contribution in [0.4, 0.5) is 5.69 Å². The van der Waals surface area contributed by atoms with E-state index in [9.17, 15) is 8.42 Å². The van der Waals surface area contributed by atoms with Gasteiger partial charge in [-0.05, 0) is 37.0 Å². The third-order valence-electron chi connectivity index (χ3n) is 3.69. The van der Waals surface area contributed by atoms with E-state index in [4.69, 9.17) is 5.11 Å². The van der Waals surface area contributed by atoms with Crippen molar-refractivity contribution in [3.63, 3.8) is 0 Å². The predicted octanol–water partition coefficient (Wildman–Crippen LogP) is 2.77. The highest BCUT2D eigenvalue weighted by Crippen LogP contribution is 2.32. The third kappa shape index (κ3) is 2.71. The van der Waals surface area contributed by atoms with E-state index in [1.165, 1.54) is 15.6 Å². The summed E-state index contributed by atoms with van der Waals surface area (Å²) in [6.45, 7) is 0.375. The lowest BCUT2D eigenvalue weighted by molar-refractivity contribution is 0.285. The average Bonchev–Trinajstić information content (AvgIpc) is 2.87. The van der Waals surface area contributed by atoms with Crippen LogP contribution in [0, 0.1) is 0 Å². The van der Waals surface area contributed by atoms with Gasteiger partial charge in [0.1, 0.15) is 0 Å².